The lowest BCUT2D eigenvalue weighted by Crippen LogP contribution is -2.57. The summed E-state index contributed by atoms with van der Waals surface area (Å²) in [5.74, 6) is -0.456. The van der Waals surface area contributed by atoms with Crippen molar-refractivity contribution in [2.75, 3.05) is 46.1 Å². The monoisotopic (exact) mass is 488 g/mol. The number of nitrogens with zero attached hydrogens (tertiary/aromatic N) is 2. The number of para-hydroxylation sites is 1. The second-order valence-corrected chi connectivity index (χ2v) is 9.48. The highest BCUT2D eigenvalue weighted by molar-refractivity contribution is 5.85. The molecule has 0 amide bonds. The molecule has 9 heteroatoms. The molecule has 188 valence electrons. The first-order chi connectivity index (χ1) is 17.0. The Labute approximate surface area is 202 Å². The van der Waals surface area contributed by atoms with Crippen LogP contribution in [0.4, 0.5) is 13.2 Å². The summed E-state index contributed by atoms with van der Waals surface area (Å²) in [7, 11) is 0. The lowest BCUT2D eigenvalue weighted by molar-refractivity contribution is -0.148. The third-order valence-corrected chi connectivity index (χ3v) is 6.87. The minimum atomic E-state index is -1.47. The Kier molecular flexibility index (Phi) is 7.00. The van der Waals surface area contributed by atoms with Crippen molar-refractivity contribution in [3.8, 4) is 5.75 Å². The molecule has 0 spiro atoms. The van der Waals surface area contributed by atoms with Gasteiger partial charge in [0.25, 0.3) is 0 Å². The summed E-state index contributed by atoms with van der Waals surface area (Å²) in [6.07, 6.45) is 2.67. The summed E-state index contributed by atoms with van der Waals surface area (Å²) >= 11 is 0. The summed E-state index contributed by atoms with van der Waals surface area (Å²) in [4.78, 5) is 9.90. The van der Waals surface area contributed by atoms with Gasteiger partial charge in [-0.3, -0.25) is 14.3 Å². The Hall–Kier alpha value is -2.62. The third kappa shape index (κ3) is 4.77. The first kappa shape index (κ1) is 24.1. The van der Waals surface area contributed by atoms with E-state index in [-0.39, 0.29) is 50.5 Å². The molecule has 0 bridgehead atoms. The summed E-state index contributed by atoms with van der Waals surface area (Å²) in [5.41, 5.74) is 1.65. The molecule has 2 aliphatic heterocycles. The molecule has 1 saturated heterocycles. The van der Waals surface area contributed by atoms with Gasteiger partial charge in [-0.2, -0.15) is 0 Å². The van der Waals surface area contributed by atoms with Crippen LogP contribution in [0, 0.1) is 5.82 Å². The highest BCUT2D eigenvalue weighted by Crippen LogP contribution is 2.43. The molecule has 35 heavy (non-hydrogen) atoms. The van der Waals surface area contributed by atoms with E-state index in [9.17, 15) is 4.39 Å². The fourth-order valence-corrected chi connectivity index (χ4v) is 5.08. The van der Waals surface area contributed by atoms with E-state index in [1.165, 1.54) is 12.3 Å². The fraction of sp³-hybridized carbons (Fsp3) is 0.500. The van der Waals surface area contributed by atoms with Gasteiger partial charge in [0, 0.05) is 48.0 Å². The number of hydrogen-bond acceptors (Lipinski definition) is 5. The van der Waals surface area contributed by atoms with E-state index in [1.807, 2.05) is 30.0 Å². The molecule has 0 aliphatic carbocycles. The zero-order chi connectivity index (χ0) is 24.4. The zero-order valence-corrected chi connectivity index (χ0v) is 19.8. The number of H-pyrrole nitrogens is 1. The van der Waals surface area contributed by atoms with Crippen molar-refractivity contribution in [3.05, 3.63) is 59.3 Å². The molecule has 1 fully saturated rings. The van der Waals surface area contributed by atoms with E-state index in [0.717, 1.165) is 28.6 Å². The summed E-state index contributed by atoms with van der Waals surface area (Å²) in [5, 5.41) is 4.15. The molecule has 2 atom stereocenters. The van der Waals surface area contributed by atoms with Crippen molar-refractivity contribution >= 4 is 10.9 Å². The quantitative estimate of drug-likeness (QED) is 0.421. The average molecular weight is 489 g/mol. The molecule has 3 aromatic rings. The molecule has 1 aromatic carbocycles. The molecule has 2 N–H and O–H groups in total. The highest BCUT2D eigenvalue weighted by atomic mass is 19.1. The summed E-state index contributed by atoms with van der Waals surface area (Å²) < 4.78 is 54.2. The molecule has 2 aliphatic rings. The summed E-state index contributed by atoms with van der Waals surface area (Å²) in [6, 6.07) is 8.86. The van der Waals surface area contributed by atoms with Crippen molar-refractivity contribution < 1.29 is 22.6 Å². The number of aromatic nitrogens is 2. The zero-order valence-electron chi connectivity index (χ0n) is 19.8. The van der Waals surface area contributed by atoms with Crippen LogP contribution in [-0.2, 0) is 11.2 Å². The first-order valence-electron chi connectivity index (χ1n) is 12.2. The van der Waals surface area contributed by atoms with Gasteiger partial charge in [-0.1, -0.05) is 18.2 Å². The first-order valence-corrected chi connectivity index (χ1v) is 12.2. The van der Waals surface area contributed by atoms with E-state index < -0.39 is 17.5 Å². The maximum absolute atomic E-state index is 15.8. The fourth-order valence-electron chi connectivity index (χ4n) is 5.08. The number of halogens is 3. The van der Waals surface area contributed by atoms with E-state index >= 15 is 8.78 Å². The van der Waals surface area contributed by atoms with Crippen LogP contribution in [0.1, 0.15) is 36.3 Å². The Morgan fingerprint density at radius 1 is 1.26 bits per heavy atom. The number of rotatable bonds is 10. The van der Waals surface area contributed by atoms with Crippen LogP contribution in [0.25, 0.3) is 10.9 Å². The van der Waals surface area contributed by atoms with Crippen LogP contribution in [0.2, 0.25) is 0 Å². The van der Waals surface area contributed by atoms with Gasteiger partial charge in [0.05, 0.1) is 25.9 Å². The number of ether oxygens (including phenoxy) is 2. The Morgan fingerprint density at radius 3 is 2.86 bits per heavy atom. The number of pyridine rings is 1. The summed E-state index contributed by atoms with van der Waals surface area (Å²) in [6.45, 7) is 3.11. The van der Waals surface area contributed by atoms with Gasteiger partial charge in [-0.15, -0.1) is 0 Å². The average Bonchev–Trinajstić information content (AvgIpc) is 3.20. The largest absolute Gasteiger partial charge is 0.489 e. The molecule has 6 nitrogen and oxygen atoms in total. The van der Waals surface area contributed by atoms with Crippen molar-refractivity contribution in [2.45, 2.75) is 37.5 Å². The SMILES string of the molecule is C[C@@H]1Cc2c([nH]c3ccccc23)C(c2nccc(OCCNCCCF)c2F)N1CC1(F)COC1. The predicted octanol–water partition coefficient (Wildman–Crippen LogP) is 4.10. The van der Waals surface area contributed by atoms with Gasteiger partial charge >= 0.3 is 0 Å². The van der Waals surface area contributed by atoms with E-state index in [4.69, 9.17) is 9.47 Å². The smallest absolute Gasteiger partial charge is 0.188 e. The lowest BCUT2D eigenvalue weighted by Gasteiger charge is -2.45. The van der Waals surface area contributed by atoms with Crippen molar-refractivity contribution in [1.29, 1.82) is 0 Å². The second-order valence-electron chi connectivity index (χ2n) is 9.48. The van der Waals surface area contributed by atoms with Crippen LogP contribution in [-0.4, -0.2) is 72.7 Å². The molecule has 4 heterocycles. The van der Waals surface area contributed by atoms with Gasteiger partial charge in [0.1, 0.15) is 12.3 Å². The van der Waals surface area contributed by atoms with Crippen LogP contribution >= 0.6 is 0 Å². The van der Waals surface area contributed by atoms with Gasteiger partial charge in [0.15, 0.2) is 17.2 Å². The van der Waals surface area contributed by atoms with Crippen LogP contribution in [0.3, 0.4) is 0 Å². The Balaban J connectivity index is 1.49. The molecular weight excluding hydrogens is 457 g/mol. The highest BCUT2D eigenvalue weighted by Gasteiger charge is 2.46. The van der Waals surface area contributed by atoms with Crippen LogP contribution in [0.5, 0.6) is 5.75 Å². The number of benzene rings is 1. The maximum Gasteiger partial charge on any atom is 0.188 e. The van der Waals surface area contributed by atoms with E-state index in [2.05, 4.69) is 21.4 Å². The Bertz CT molecular complexity index is 1170. The Morgan fingerprint density at radius 2 is 2.09 bits per heavy atom. The molecule has 1 unspecified atom stereocenters. The van der Waals surface area contributed by atoms with Gasteiger partial charge in [-0.25, -0.2) is 8.78 Å². The number of nitrogens with one attached hydrogen (secondary N) is 2. The second kappa shape index (κ2) is 10.2. The van der Waals surface area contributed by atoms with Crippen molar-refractivity contribution in [3.63, 3.8) is 0 Å². The van der Waals surface area contributed by atoms with E-state index in [0.29, 0.717) is 19.5 Å². The van der Waals surface area contributed by atoms with Gasteiger partial charge < -0.3 is 19.8 Å². The maximum atomic E-state index is 15.8. The normalized spacial score (nSPS) is 21.6. The minimum absolute atomic E-state index is 0.0367. The number of aromatic amines is 1. The number of hydrogen-bond donors (Lipinski definition) is 2. The molecule has 0 saturated carbocycles. The van der Waals surface area contributed by atoms with Crippen LogP contribution in [0.15, 0.2) is 36.5 Å². The third-order valence-electron chi connectivity index (χ3n) is 6.87. The number of fused-ring (bicyclic) bond motifs is 3. The molecule has 5 rings (SSSR count). The molecule has 2 aromatic heterocycles. The molecule has 0 radical (unpaired) electrons. The van der Waals surface area contributed by atoms with Gasteiger partial charge in [-0.05, 0) is 37.9 Å². The van der Waals surface area contributed by atoms with E-state index in [1.54, 1.807) is 0 Å². The van der Waals surface area contributed by atoms with Gasteiger partial charge in [0.2, 0.25) is 0 Å². The lowest BCUT2D eigenvalue weighted by atomic mass is 9.88. The minimum Gasteiger partial charge on any atom is -0.489 e. The van der Waals surface area contributed by atoms with Crippen LogP contribution < -0.4 is 10.1 Å². The predicted molar refractivity (Wildman–Crippen MR) is 128 cm³/mol. The standard InChI is InChI=1S/C26H31F3N4O2/c1-17-13-19-18-5-2-3-6-20(18)32-23(19)25(33(17)14-26(29)15-34-16-26)24-22(28)21(7-10-31-24)35-12-11-30-9-4-8-27/h2-3,5-7,10,17,25,30,32H,4,8-9,11-16H2,1H3/t17-,25?/m1/s1. The van der Waals surface area contributed by atoms with Crippen molar-refractivity contribution in [1.82, 2.24) is 20.2 Å². The van der Waals surface area contributed by atoms with Crippen molar-refractivity contribution in [2.24, 2.45) is 0 Å². The topological polar surface area (TPSA) is 62.4 Å². The number of alkyl halides is 2. The molecular formula is C26H31F3N4O2.